The zero-order valence-electron chi connectivity index (χ0n) is 11.4. The van der Waals surface area contributed by atoms with E-state index in [1.165, 1.54) is 6.42 Å². The molecule has 17 heavy (non-hydrogen) atoms. The summed E-state index contributed by atoms with van der Waals surface area (Å²) in [5.74, 6) is 0.441. The fraction of sp³-hybridized carbons (Fsp3) is 0.929. The first-order valence-electron chi connectivity index (χ1n) is 6.77. The molecule has 3 heteroatoms. The summed E-state index contributed by atoms with van der Waals surface area (Å²) < 4.78 is 11.8. The van der Waals surface area contributed by atoms with Gasteiger partial charge < -0.3 is 9.47 Å². The molecule has 0 aromatic heterocycles. The van der Waals surface area contributed by atoms with Crippen molar-refractivity contribution in [2.24, 2.45) is 5.92 Å². The van der Waals surface area contributed by atoms with Gasteiger partial charge in [-0.1, -0.05) is 6.92 Å². The molecule has 1 saturated carbocycles. The van der Waals surface area contributed by atoms with Crippen LogP contribution in [0.5, 0.6) is 0 Å². The molecule has 0 spiro atoms. The van der Waals surface area contributed by atoms with Gasteiger partial charge >= 0.3 is 5.97 Å². The Bertz CT molecular complexity index is 311. The first-order chi connectivity index (χ1) is 7.87. The molecular weight excluding hydrogens is 216 g/mol. The van der Waals surface area contributed by atoms with Gasteiger partial charge in [-0.3, -0.25) is 4.79 Å². The maximum absolute atomic E-state index is 11.6. The molecule has 0 aromatic rings. The maximum atomic E-state index is 11.6. The van der Waals surface area contributed by atoms with Gasteiger partial charge in [-0.15, -0.1) is 0 Å². The highest BCUT2D eigenvalue weighted by molar-refractivity contribution is 5.69. The second kappa shape index (κ2) is 4.27. The van der Waals surface area contributed by atoms with Crippen LogP contribution in [0.25, 0.3) is 0 Å². The van der Waals surface area contributed by atoms with Crippen molar-refractivity contribution in [2.75, 3.05) is 0 Å². The maximum Gasteiger partial charge on any atom is 0.306 e. The minimum atomic E-state index is -0.276. The molecule has 0 aromatic carbocycles. The Labute approximate surface area is 104 Å². The first kappa shape index (κ1) is 12.9. The molecule has 3 aliphatic rings. The quantitative estimate of drug-likeness (QED) is 0.711. The van der Waals surface area contributed by atoms with Crippen molar-refractivity contribution in [1.29, 1.82) is 0 Å². The molecule has 2 saturated heterocycles. The topological polar surface area (TPSA) is 35.5 Å². The average molecular weight is 240 g/mol. The summed E-state index contributed by atoms with van der Waals surface area (Å²) in [5.41, 5.74) is -0.345. The van der Waals surface area contributed by atoms with Crippen molar-refractivity contribution in [3.8, 4) is 0 Å². The van der Waals surface area contributed by atoms with Crippen molar-refractivity contribution in [1.82, 2.24) is 0 Å². The summed E-state index contributed by atoms with van der Waals surface area (Å²) in [6, 6.07) is 0. The lowest BCUT2D eigenvalue weighted by atomic mass is 9.67. The molecule has 3 rings (SSSR count). The third-order valence-electron chi connectivity index (χ3n) is 4.38. The van der Waals surface area contributed by atoms with Crippen molar-refractivity contribution < 1.29 is 14.3 Å². The number of carbonyl (C=O) groups is 1. The number of ether oxygens (including phenoxy) is 2. The predicted molar refractivity (Wildman–Crippen MR) is 65.7 cm³/mol. The second-order valence-electron chi connectivity index (χ2n) is 6.22. The molecule has 3 atom stereocenters. The molecule has 0 radical (unpaired) electrons. The molecule has 0 N–H and O–H groups in total. The van der Waals surface area contributed by atoms with E-state index < -0.39 is 0 Å². The third-order valence-corrected chi connectivity index (χ3v) is 4.38. The Morgan fingerprint density at radius 2 is 2.12 bits per heavy atom. The lowest BCUT2D eigenvalue weighted by Crippen LogP contribution is -2.62. The summed E-state index contributed by atoms with van der Waals surface area (Å²) in [6.45, 7) is 8.39. The average Bonchev–Trinajstić information content (AvgIpc) is 2.19. The van der Waals surface area contributed by atoms with Gasteiger partial charge in [0.1, 0.15) is 11.7 Å². The lowest BCUT2D eigenvalue weighted by molar-refractivity contribution is -0.278. The van der Waals surface area contributed by atoms with E-state index in [2.05, 4.69) is 20.8 Å². The van der Waals surface area contributed by atoms with E-state index in [1.54, 1.807) is 0 Å². The van der Waals surface area contributed by atoms with Crippen molar-refractivity contribution in [3.63, 3.8) is 0 Å². The van der Waals surface area contributed by atoms with E-state index in [0.29, 0.717) is 12.3 Å². The number of hydrogen-bond acceptors (Lipinski definition) is 3. The van der Waals surface area contributed by atoms with E-state index in [0.717, 1.165) is 19.3 Å². The molecule has 2 aliphatic heterocycles. The van der Waals surface area contributed by atoms with E-state index in [9.17, 15) is 4.79 Å². The van der Waals surface area contributed by atoms with E-state index in [1.807, 2.05) is 6.92 Å². The van der Waals surface area contributed by atoms with Crippen LogP contribution in [0.4, 0.5) is 0 Å². The van der Waals surface area contributed by atoms with E-state index in [-0.39, 0.29) is 23.3 Å². The summed E-state index contributed by atoms with van der Waals surface area (Å²) >= 11 is 0. The standard InChI is InChI=1S/C14H24O3/c1-5-6-12(15)16-11-9-10-7-8-14(11,4)17-13(10,2)3/h10-11H,5-9H2,1-4H3/t10-,11+,14+/m0/s1. The van der Waals surface area contributed by atoms with Crippen molar-refractivity contribution >= 4 is 5.97 Å². The third kappa shape index (κ3) is 2.35. The highest BCUT2D eigenvalue weighted by Gasteiger charge is 2.55. The summed E-state index contributed by atoms with van der Waals surface area (Å²) in [6.07, 6.45) is 4.46. The fourth-order valence-corrected chi connectivity index (χ4v) is 3.27. The number of rotatable bonds is 3. The van der Waals surface area contributed by atoms with Crippen LogP contribution in [0.15, 0.2) is 0 Å². The smallest absolute Gasteiger partial charge is 0.306 e. The molecular formula is C14H24O3. The Hall–Kier alpha value is -0.570. The van der Waals surface area contributed by atoms with Gasteiger partial charge in [0.2, 0.25) is 0 Å². The Balaban J connectivity index is 2.05. The molecule has 2 bridgehead atoms. The Morgan fingerprint density at radius 1 is 1.41 bits per heavy atom. The van der Waals surface area contributed by atoms with Gasteiger partial charge in [0.25, 0.3) is 0 Å². The molecule has 1 aliphatic carbocycles. The second-order valence-corrected chi connectivity index (χ2v) is 6.22. The van der Waals surface area contributed by atoms with Crippen LogP contribution in [0.1, 0.15) is 59.8 Å². The highest BCUT2D eigenvalue weighted by Crippen LogP contribution is 2.50. The summed E-state index contributed by atoms with van der Waals surface area (Å²) in [4.78, 5) is 11.6. The number of carbonyl (C=O) groups excluding carboxylic acids is 1. The van der Waals surface area contributed by atoms with Crippen LogP contribution < -0.4 is 0 Å². The SMILES string of the molecule is CCCC(=O)O[C@@H]1C[C@@H]2CC[C@@]1(C)OC2(C)C. The first-order valence-corrected chi connectivity index (χ1v) is 6.77. The minimum absolute atomic E-state index is 0.0478. The van der Waals surface area contributed by atoms with Gasteiger partial charge in [-0.05, 0) is 52.4 Å². The Kier molecular flexibility index (Phi) is 3.23. The normalized spacial score (nSPS) is 39.1. The molecule has 0 amide bonds. The number of fused-ring (bicyclic) bond motifs is 3. The zero-order chi connectivity index (χ0) is 12.7. The summed E-state index contributed by atoms with van der Waals surface area (Å²) in [7, 11) is 0. The van der Waals surface area contributed by atoms with Crippen LogP contribution in [0.2, 0.25) is 0 Å². The van der Waals surface area contributed by atoms with Crippen molar-refractivity contribution in [2.45, 2.75) is 77.1 Å². The van der Waals surface area contributed by atoms with Crippen LogP contribution in [0, 0.1) is 5.92 Å². The van der Waals surface area contributed by atoms with Crippen molar-refractivity contribution in [3.05, 3.63) is 0 Å². The fourth-order valence-electron chi connectivity index (χ4n) is 3.27. The number of esters is 1. The van der Waals surface area contributed by atoms with Crippen LogP contribution >= 0.6 is 0 Å². The van der Waals surface area contributed by atoms with Gasteiger partial charge in [-0.2, -0.15) is 0 Å². The molecule has 0 unspecified atom stereocenters. The molecule has 2 heterocycles. The highest BCUT2D eigenvalue weighted by atomic mass is 16.6. The molecule has 3 fully saturated rings. The van der Waals surface area contributed by atoms with Crippen LogP contribution in [-0.4, -0.2) is 23.3 Å². The predicted octanol–water partition coefficient (Wildman–Crippen LogP) is 3.07. The number of hydrogen-bond donors (Lipinski definition) is 0. The van der Waals surface area contributed by atoms with Gasteiger partial charge in [0.15, 0.2) is 0 Å². The van der Waals surface area contributed by atoms with Gasteiger partial charge in [0.05, 0.1) is 5.60 Å². The monoisotopic (exact) mass is 240 g/mol. The largest absolute Gasteiger partial charge is 0.459 e. The minimum Gasteiger partial charge on any atom is -0.459 e. The van der Waals surface area contributed by atoms with Crippen LogP contribution in [-0.2, 0) is 14.3 Å². The zero-order valence-corrected chi connectivity index (χ0v) is 11.4. The van der Waals surface area contributed by atoms with Gasteiger partial charge in [-0.25, -0.2) is 0 Å². The summed E-state index contributed by atoms with van der Waals surface area (Å²) in [5, 5.41) is 0. The lowest BCUT2D eigenvalue weighted by Gasteiger charge is -2.57. The molecule has 3 nitrogen and oxygen atoms in total. The van der Waals surface area contributed by atoms with E-state index in [4.69, 9.17) is 9.47 Å². The molecule has 98 valence electrons. The van der Waals surface area contributed by atoms with Crippen LogP contribution in [0.3, 0.4) is 0 Å². The van der Waals surface area contributed by atoms with Gasteiger partial charge in [0, 0.05) is 6.42 Å². The Morgan fingerprint density at radius 3 is 2.65 bits per heavy atom. The van der Waals surface area contributed by atoms with E-state index >= 15 is 0 Å².